The topological polar surface area (TPSA) is 124 Å². The number of rotatable bonds is 7. The summed E-state index contributed by atoms with van der Waals surface area (Å²) in [6.45, 7) is 4.14. The van der Waals surface area contributed by atoms with Crippen LogP contribution in [0.15, 0.2) is 21.7 Å². The van der Waals surface area contributed by atoms with Crippen LogP contribution in [0, 0.1) is 10.1 Å². The molecule has 0 unspecified atom stereocenters. The highest BCUT2D eigenvalue weighted by atomic mass is 16.6. The standard InChI is InChI=1S/C13H19N5O5/c19-8-7-16-3-5-17(6-4-16)10-12(20)15-14-9-11-1-2-13(23-11)18(21)22/h1-2,9,19H,3-8,10H2,(H,15,20)/b14-9-. The first kappa shape index (κ1) is 17.1. The number of hydrogen-bond donors (Lipinski definition) is 2. The minimum absolute atomic E-state index is 0.139. The summed E-state index contributed by atoms with van der Waals surface area (Å²) in [5.41, 5.74) is 2.36. The average molecular weight is 325 g/mol. The highest BCUT2D eigenvalue weighted by Crippen LogP contribution is 2.13. The van der Waals surface area contributed by atoms with E-state index >= 15 is 0 Å². The largest absolute Gasteiger partial charge is 0.433 e. The van der Waals surface area contributed by atoms with Crippen molar-refractivity contribution >= 4 is 18.0 Å². The van der Waals surface area contributed by atoms with Crippen molar-refractivity contribution in [3.63, 3.8) is 0 Å². The molecule has 2 N–H and O–H groups in total. The predicted molar refractivity (Wildman–Crippen MR) is 81.1 cm³/mol. The number of piperazine rings is 1. The zero-order valence-corrected chi connectivity index (χ0v) is 12.6. The zero-order valence-electron chi connectivity index (χ0n) is 12.6. The minimum Gasteiger partial charge on any atom is -0.400 e. The zero-order chi connectivity index (χ0) is 16.7. The van der Waals surface area contributed by atoms with Crippen LogP contribution in [0.2, 0.25) is 0 Å². The van der Waals surface area contributed by atoms with E-state index in [0.29, 0.717) is 6.54 Å². The molecule has 1 fully saturated rings. The van der Waals surface area contributed by atoms with Gasteiger partial charge in [-0.15, -0.1) is 0 Å². The molecule has 0 spiro atoms. The number of β-amino-alcohol motifs (C(OH)–C–C–N with tert-alkyl or cyclic N) is 1. The van der Waals surface area contributed by atoms with Crippen molar-refractivity contribution < 1.29 is 19.2 Å². The van der Waals surface area contributed by atoms with Crippen LogP contribution in [-0.4, -0.2) is 77.8 Å². The maximum Gasteiger partial charge on any atom is 0.433 e. The van der Waals surface area contributed by atoms with Gasteiger partial charge in [0.2, 0.25) is 0 Å². The number of furan rings is 1. The summed E-state index contributed by atoms with van der Waals surface area (Å²) < 4.78 is 4.88. The number of nitro groups is 1. The molecule has 23 heavy (non-hydrogen) atoms. The van der Waals surface area contributed by atoms with Gasteiger partial charge in [0.05, 0.1) is 25.4 Å². The summed E-state index contributed by atoms with van der Waals surface area (Å²) in [5, 5.41) is 23.0. The molecule has 1 aromatic heterocycles. The molecule has 2 rings (SSSR count). The normalized spacial score (nSPS) is 16.7. The lowest BCUT2D eigenvalue weighted by Gasteiger charge is -2.33. The van der Waals surface area contributed by atoms with Crippen molar-refractivity contribution in [3.05, 3.63) is 28.0 Å². The first-order valence-corrected chi connectivity index (χ1v) is 7.20. The van der Waals surface area contributed by atoms with E-state index in [1.54, 1.807) is 0 Å². The van der Waals surface area contributed by atoms with E-state index < -0.39 is 4.92 Å². The Balaban J connectivity index is 1.70. The second kappa shape index (κ2) is 8.36. The van der Waals surface area contributed by atoms with Crippen LogP contribution < -0.4 is 5.43 Å². The lowest BCUT2D eigenvalue weighted by atomic mass is 10.3. The van der Waals surface area contributed by atoms with Gasteiger partial charge in [-0.05, 0) is 6.07 Å². The van der Waals surface area contributed by atoms with E-state index in [-0.39, 0.29) is 30.7 Å². The van der Waals surface area contributed by atoms with Crippen LogP contribution in [0.1, 0.15) is 5.76 Å². The summed E-state index contributed by atoms with van der Waals surface area (Å²) in [6.07, 6.45) is 1.21. The lowest BCUT2D eigenvalue weighted by molar-refractivity contribution is -0.402. The van der Waals surface area contributed by atoms with Gasteiger partial charge < -0.3 is 9.52 Å². The Morgan fingerprint density at radius 3 is 2.70 bits per heavy atom. The van der Waals surface area contributed by atoms with E-state index in [0.717, 1.165) is 26.2 Å². The maximum absolute atomic E-state index is 11.8. The fraction of sp³-hybridized carbons (Fsp3) is 0.538. The second-order valence-electron chi connectivity index (χ2n) is 5.07. The SMILES string of the molecule is O=C(CN1CCN(CCO)CC1)N/N=C\c1ccc([N+](=O)[O-])o1. The molecule has 10 heteroatoms. The van der Waals surface area contributed by atoms with Crippen LogP contribution in [0.5, 0.6) is 0 Å². The highest BCUT2D eigenvalue weighted by Gasteiger charge is 2.18. The Kier molecular flexibility index (Phi) is 6.20. The monoisotopic (exact) mass is 325 g/mol. The van der Waals surface area contributed by atoms with Gasteiger partial charge in [0.25, 0.3) is 5.91 Å². The fourth-order valence-electron chi connectivity index (χ4n) is 2.23. The fourth-order valence-corrected chi connectivity index (χ4v) is 2.23. The second-order valence-corrected chi connectivity index (χ2v) is 5.07. The smallest absolute Gasteiger partial charge is 0.400 e. The Morgan fingerprint density at radius 2 is 2.09 bits per heavy atom. The Labute approximate surface area is 132 Å². The molecule has 10 nitrogen and oxygen atoms in total. The highest BCUT2D eigenvalue weighted by molar-refractivity contribution is 5.81. The molecular weight excluding hydrogens is 306 g/mol. The van der Waals surface area contributed by atoms with Crippen molar-refractivity contribution in [2.75, 3.05) is 45.9 Å². The lowest BCUT2D eigenvalue weighted by Crippen LogP contribution is -2.49. The first-order valence-electron chi connectivity index (χ1n) is 7.20. The van der Waals surface area contributed by atoms with Gasteiger partial charge in [0.1, 0.15) is 4.92 Å². The van der Waals surface area contributed by atoms with Crippen molar-refractivity contribution in [3.8, 4) is 0 Å². The van der Waals surface area contributed by atoms with E-state index in [1.807, 2.05) is 4.90 Å². The molecule has 1 aliphatic heterocycles. The Hall–Kier alpha value is -2.30. The number of carbonyl (C=O) groups excluding carboxylic acids is 1. The number of aliphatic hydroxyl groups is 1. The summed E-state index contributed by atoms with van der Waals surface area (Å²) in [4.78, 5) is 25.7. The summed E-state index contributed by atoms with van der Waals surface area (Å²) in [6, 6.07) is 2.61. The number of nitrogens with zero attached hydrogens (tertiary/aromatic N) is 4. The number of nitrogens with one attached hydrogen (secondary N) is 1. The summed E-state index contributed by atoms with van der Waals surface area (Å²) in [5.74, 6) is -0.453. The van der Waals surface area contributed by atoms with Crippen LogP contribution in [-0.2, 0) is 4.79 Å². The number of aliphatic hydroxyl groups excluding tert-OH is 1. The van der Waals surface area contributed by atoms with Gasteiger partial charge in [-0.1, -0.05) is 0 Å². The molecule has 1 aliphatic rings. The molecule has 0 aromatic carbocycles. The van der Waals surface area contributed by atoms with E-state index in [4.69, 9.17) is 9.52 Å². The van der Waals surface area contributed by atoms with Crippen molar-refractivity contribution in [2.24, 2.45) is 5.10 Å². The van der Waals surface area contributed by atoms with Gasteiger partial charge in [-0.25, -0.2) is 5.43 Å². The maximum atomic E-state index is 11.8. The van der Waals surface area contributed by atoms with Gasteiger partial charge in [-0.2, -0.15) is 5.10 Å². The molecule has 0 radical (unpaired) electrons. The van der Waals surface area contributed by atoms with E-state index in [2.05, 4.69) is 15.4 Å². The number of hydrazone groups is 1. The number of hydrogen-bond acceptors (Lipinski definition) is 8. The molecule has 0 atom stereocenters. The quantitative estimate of drug-likeness (QED) is 0.384. The van der Waals surface area contributed by atoms with Gasteiger partial charge >= 0.3 is 5.88 Å². The Bertz CT molecular complexity index is 565. The Morgan fingerprint density at radius 1 is 1.39 bits per heavy atom. The molecule has 1 saturated heterocycles. The summed E-state index contributed by atoms with van der Waals surface area (Å²) in [7, 11) is 0. The van der Waals surface area contributed by atoms with Crippen molar-refractivity contribution in [1.29, 1.82) is 0 Å². The molecule has 0 aliphatic carbocycles. The van der Waals surface area contributed by atoms with Crippen LogP contribution in [0.3, 0.4) is 0 Å². The van der Waals surface area contributed by atoms with Crippen LogP contribution in [0.4, 0.5) is 5.88 Å². The molecule has 0 bridgehead atoms. The summed E-state index contributed by atoms with van der Waals surface area (Å²) >= 11 is 0. The van der Waals surface area contributed by atoms with Crippen molar-refractivity contribution in [1.82, 2.24) is 15.2 Å². The van der Waals surface area contributed by atoms with Crippen LogP contribution in [0.25, 0.3) is 0 Å². The molecular formula is C13H19N5O5. The molecule has 0 saturated carbocycles. The van der Waals surface area contributed by atoms with E-state index in [1.165, 1.54) is 18.3 Å². The molecule has 126 valence electrons. The first-order chi connectivity index (χ1) is 11.1. The predicted octanol–water partition coefficient (Wildman–Crippen LogP) is -0.752. The van der Waals surface area contributed by atoms with Crippen molar-refractivity contribution in [2.45, 2.75) is 0 Å². The third-order valence-electron chi connectivity index (χ3n) is 3.42. The number of amides is 1. The number of carbonyl (C=O) groups is 1. The van der Waals surface area contributed by atoms with E-state index in [9.17, 15) is 14.9 Å². The van der Waals surface area contributed by atoms with Gasteiger partial charge in [-0.3, -0.25) is 24.7 Å². The van der Waals surface area contributed by atoms with Gasteiger partial charge in [0.15, 0.2) is 5.76 Å². The molecule has 1 aromatic rings. The van der Waals surface area contributed by atoms with Gasteiger partial charge in [0, 0.05) is 32.7 Å². The average Bonchev–Trinajstić information content (AvgIpc) is 2.99. The molecule has 2 heterocycles. The van der Waals surface area contributed by atoms with Crippen LogP contribution >= 0.6 is 0 Å². The minimum atomic E-state index is -0.646. The molecule has 1 amide bonds. The third-order valence-corrected chi connectivity index (χ3v) is 3.42. The third kappa shape index (κ3) is 5.43.